The average molecular weight is 190 g/mol. The van der Waals surface area contributed by atoms with Crippen LogP contribution in [0.4, 0.5) is 0 Å². The van der Waals surface area contributed by atoms with Gasteiger partial charge in [0.15, 0.2) is 5.58 Å². The van der Waals surface area contributed by atoms with Gasteiger partial charge >= 0.3 is 0 Å². The van der Waals surface area contributed by atoms with Gasteiger partial charge in [-0.2, -0.15) is 0 Å². The van der Waals surface area contributed by atoms with Crippen LogP contribution < -0.4 is 0 Å². The highest BCUT2D eigenvalue weighted by Gasteiger charge is 2.06. The topological polar surface area (TPSA) is 33.4 Å². The van der Waals surface area contributed by atoms with Crippen molar-refractivity contribution in [2.75, 3.05) is 0 Å². The van der Waals surface area contributed by atoms with Crippen LogP contribution in [0, 0.1) is 0 Å². The standard InChI is InChI=1S/C10H6O2S/c11-8-5-7-2-1-6-3-4-13-10(6)9(7)12-8/h1-5,11H. The van der Waals surface area contributed by atoms with E-state index in [0.717, 1.165) is 21.1 Å². The van der Waals surface area contributed by atoms with E-state index in [1.165, 1.54) is 0 Å². The molecule has 0 saturated carbocycles. The number of hydrogen-bond donors (Lipinski definition) is 1. The van der Waals surface area contributed by atoms with E-state index in [4.69, 9.17) is 4.42 Å². The third-order valence-electron chi connectivity index (χ3n) is 2.09. The zero-order chi connectivity index (χ0) is 8.84. The quantitative estimate of drug-likeness (QED) is 0.589. The normalized spacial score (nSPS) is 11.4. The molecule has 3 rings (SSSR count). The first kappa shape index (κ1) is 6.97. The number of rotatable bonds is 0. The molecule has 2 nitrogen and oxygen atoms in total. The van der Waals surface area contributed by atoms with E-state index in [0.29, 0.717) is 0 Å². The Labute approximate surface area is 78.0 Å². The van der Waals surface area contributed by atoms with E-state index in [2.05, 4.69) is 0 Å². The van der Waals surface area contributed by atoms with Crippen molar-refractivity contribution in [2.45, 2.75) is 0 Å². The molecule has 0 saturated heterocycles. The molecule has 0 spiro atoms. The maximum absolute atomic E-state index is 9.19. The molecule has 0 aliphatic rings. The first-order chi connectivity index (χ1) is 6.34. The van der Waals surface area contributed by atoms with Crippen molar-refractivity contribution in [3.8, 4) is 5.95 Å². The summed E-state index contributed by atoms with van der Waals surface area (Å²) < 4.78 is 6.30. The molecule has 0 aliphatic heterocycles. The van der Waals surface area contributed by atoms with Crippen molar-refractivity contribution in [3.05, 3.63) is 29.6 Å². The second-order valence-electron chi connectivity index (χ2n) is 2.91. The van der Waals surface area contributed by atoms with Gasteiger partial charge in [0.1, 0.15) is 0 Å². The molecule has 0 aliphatic carbocycles. The maximum Gasteiger partial charge on any atom is 0.282 e. The lowest BCUT2D eigenvalue weighted by Crippen LogP contribution is -1.63. The summed E-state index contributed by atoms with van der Waals surface area (Å²) in [5.41, 5.74) is 0.782. The zero-order valence-corrected chi connectivity index (χ0v) is 7.47. The van der Waals surface area contributed by atoms with Gasteiger partial charge < -0.3 is 9.52 Å². The minimum Gasteiger partial charge on any atom is -0.481 e. The van der Waals surface area contributed by atoms with Gasteiger partial charge in [0, 0.05) is 11.5 Å². The molecule has 0 fully saturated rings. The summed E-state index contributed by atoms with van der Waals surface area (Å²) in [6, 6.07) is 7.66. The van der Waals surface area contributed by atoms with E-state index in [9.17, 15) is 5.11 Å². The predicted octanol–water partition coefficient (Wildman–Crippen LogP) is 3.35. The molecule has 1 N–H and O–H groups in total. The van der Waals surface area contributed by atoms with E-state index < -0.39 is 0 Å². The van der Waals surface area contributed by atoms with Gasteiger partial charge in [-0.25, -0.2) is 0 Å². The lowest BCUT2D eigenvalue weighted by molar-refractivity contribution is 0.347. The fourth-order valence-electron chi connectivity index (χ4n) is 1.51. The van der Waals surface area contributed by atoms with Crippen LogP contribution in [0.2, 0.25) is 0 Å². The van der Waals surface area contributed by atoms with Crippen molar-refractivity contribution < 1.29 is 9.52 Å². The molecule has 0 radical (unpaired) electrons. The van der Waals surface area contributed by atoms with Crippen molar-refractivity contribution in [2.24, 2.45) is 0 Å². The van der Waals surface area contributed by atoms with Crippen molar-refractivity contribution in [1.82, 2.24) is 0 Å². The number of thiophene rings is 1. The summed E-state index contributed by atoms with van der Waals surface area (Å²) in [4.78, 5) is 0. The second-order valence-corrected chi connectivity index (χ2v) is 3.82. The molecule has 0 atom stereocenters. The summed E-state index contributed by atoms with van der Waals surface area (Å²) in [5, 5.41) is 13.3. The van der Waals surface area contributed by atoms with Crippen LogP contribution in [0.15, 0.2) is 34.1 Å². The molecule has 0 unspecified atom stereocenters. The summed E-state index contributed by atoms with van der Waals surface area (Å²) in [6.07, 6.45) is 0. The van der Waals surface area contributed by atoms with Crippen LogP contribution in [0.1, 0.15) is 0 Å². The van der Waals surface area contributed by atoms with Crippen molar-refractivity contribution in [1.29, 1.82) is 0 Å². The first-order valence-corrected chi connectivity index (χ1v) is 4.81. The SMILES string of the molecule is Oc1cc2ccc3ccsc3c2o1. The largest absolute Gasteiger partial charge is 0.481 e. The third-order valence-corrected chi connectivity index (χ3v) is 3.02. The Hall–Kier alpha value is -1.48. The van der Waals surface area contributed by atoms with Crippen molar-refractivity contribution >= 4 is 32.4 Å². The average Bonchev–Trinajstić information content (AvgIpc) is 2.65. The number of fused-ring (bicyclic) bond motifs is 3. The molecule has 1 aromatic carbocycles. The molecule has 3 aromatic rings. The Bertz CT molecular complexity index is 577. The minimum absolute atomic E-state index is 0.0177. The second kappa shape index (κ2) is 2.26. The van der Waals surface area contributed by atoms with Gasteiger partial charge in [-0.05, 0) is 16.8 Å². The monoisotopic (exact) mass is 190 g/mol. The molecule has 0 amide bonds. The summed E-state index contributed by atoms with van der Waals surface area (Å²) in [6.45, 7) is 0. The molecular weight excluding hydrogens is 184 g/mol. The number of hydrogen-bond acceptors (Lipinski definition) is 3. The van der Waals surface area contributed by atoms with E-state index in [-0.39, 0.29) is 5.95 Å². The Morgan fingerprint density at radius 3 is 2.92 bits per heavy atom. The van der Waals surface area contributed by atoms with E-state index in [1.807, 2.05) is 23.6 Å². The maximum atomic E-state index is 9.19. The summed E-state index contributed by atoms with van der Waals surface area (Å²) in [5.74, 6) is -0.0177. The first-order valence-electron chi connectivity index (χ1n) is 3.93. The summed E-state index contributed by atoms with van der Waals surface area (Å²) in [7, 11) is 0. The number of aromatic hydroxyl groups is 1. The predicted molar refractivity (Wildman–Crippen MR) is 53.3 cm³/mol. The van der Waals surface area contributed by atoms with Crippen LogP contribution in [-0.2, 0) is 0 Å². The highest BCUT2D eigenvalue weighted by molar-refractivity contribution is 7.18. The van der Waals surface area contributed by atoms with Crippen LogP contribution in [-0.4, -0.2) is 5.11 Å². The minimum atomic E-state index is -0.0177. The highest BCUT2D eigenvalue weighted by Crippen LogP contribution is 2.33. The molecule has 3 heteroatoms. The fraction of sp³-hybridized carbons (Fsp3) is 0. The van der Waals surface area contributed by atoms with Crippen LogP contribution in [0.3, 0.4) is 0 Å². The Morgan fingerprint density at radius 2 is 2.00 bits per heavy atom. The molecule has 0 bridgehead atoms. The van der Waals surface area contributed by atoms with Gasteiger partial charge in [-0.15, -0.1) is 11.3 Å². The molecule has 13 heavy (non-hydrogen) atoms. The molecule has 64 valence electrons. The third kappa shape index (κ3) is 0.876. The van der Waals surface area contributed by atoms with Crippen LogP contribution >= 0.6 is 11.3 Å². The molecule has 2 aromatic heterocycles. The lowest BCUT2D eigenvalue weighted by Gasteiger charge is -1.89. The lowest BCUT2D eigenvalue weighted by atomic mass is 10.2. The molecular formula is C10H6O2S. The summed E-state index contributed by atoms with van der Waals surface area (Å²) >= 11 is 1.63. The van der Waals surface area contributed by atoms with Gasteiger partial charge in [0.25, 0.3) is 5.95 Å². The smallest absolute Gasteiger partial charge is 0.282 e. The Balaban J connectivity index is 2.64. The van der Waals surface area contributed by atoms with Crippen molar-refractivity contribution in [3.63, 3.8) is 0 Å². The van der Waals surface area contributed by atoms with Gasteiger partial charge in [-0.1, -0.05) is 12.1 Å². The Kier molecular flexibility index (Phi) is 1.21. The van der Waals surface area contributed by atoms with E-state index in [1.54, 1.807) is 17.4 Å². The van der Waals surface area contributed by atoms with Crippen LogP contribution in [0.5, 0.6) is 5.95 Å². The fourth-order valence-corrected chi connectivity index (χ4v) is 2.40. The van der Waals surface area contributed by atoms with Crippen LogP contribution in [0.25, 0.3) is 21.1 Å². The van der Waals surface area contributed by atoms with Gasteiger partial charge in [0.05, 0.1) is 4.70 Å². The zero-order valence-electron chi connectivity index (χ0n) is 6.65. The number of furan rings is 1. The van der Waals surface area contributed by atoms with Gasteiger partial charge in [0.2, 0.25) is 0 Å². The van der Waals surface area contributed by atoms with Gasteiger partial charge in [-0.3, -0.25) is 0 Å². The highest BCUT2D eigenvalue weighted by atomic mass is 32.1. The van der Waals surface area contributed by atoms with E-state index >= 15 is 0 Å². The molecule has 2 heterocycles. The number of benzene rings is 1. The Morgan fingerprint density at radius 1 is 1.15 bits per heavy atom.